The molecule has 3 rings (SSSR count). The van der Waals surface area contributed by atoms with Crippen LogP contribution in [0.15, 0.2) is 52.4 Å². The molecule has 0 unspecified atom stereocenters. The zero-order chi connectivity index (χ0) is 18.7. The molecular weight excluding hydrogens is 370 g/mol. The fourth-order valence-electron chi connectivity index (χ4n) is 2.61. The molecule has 0 aliphatic heterocycles. The molecule has 26 heavy (non-hydrogen) atoms. The Kier molecular flexibility index (Phi) is 5.62. The summed E-state index contributed by atoms with van der Waals surface area (Å²) >= 11 is 7.38. The van der Waals surface area contributed by atoms with Gasteiger partial charge in [-0.2, -0.15) is 5.26 Å². The van der Waals surface area contributed by atoms with Crippen LogP contribution in [0, 0.1) is 11.3 Å². The molecule has 0 saturated carbocycles. The van der Waals surface area contributed by atoms with Crippen LogP contribution in [-0.4, -0.2) is 20.8 Å². The van der Waals surface area contributed by atoms with E-state index < -0.39 is 6.10 Å². The topological polar surface area (TPSA) is 78.9 Å². The number of rotatable bonds is 5. The van der Waals surface area contributed by atoms with Crippen molar-refractivity contribution in [2.45, 2.75) is 30.5 Å². The number of fused-ring (bicyclic) bond motifs is 1. The molecule has 0 saturated heterocycles. The van der Waals surface area contributed by atoms with E-state index in [-0.39, 0.29) is 12.1 Å². The Hall–Kier alpha value is -2.33. The Labute approximate surface area is 159 Å². The van der Waals surface area contributed by atoms with E-state index in [0.717, 1.165) is 5.56 Å². The van der Waals surface area contributed by atoms with E-state index in [2.05, 4.69) is 11.1 Å². The molecule has 7 heteroatoms. The average molecular weight is 386 g/mol. The average Bonchev–Trinajstić information content (AvgIpc) is 2.62. The molecule has 1 heterocycles. The monoisotopic (exact) mass is 385 g/mol. The van der Waals surface area contributed by atoms with Crippen LogP contribution in [0.1, 0.15) is 18.1 Å². The lowest BCUT2D eigenvalue weighted by molar-refractivity contribution is 0.168. The van der Waals surface area contributed by atoms with Crippen molar-refractivity contribution in [1.29, 1.82) is 5.26 Å². The van der Waals surface area contributed by atoms with Crippen LogP contribution in [0.5, 0.6) is 0 Å². The highest BCUT2D eigenvalue weighted by molar-refractivity contribution is 7.98. The Morgan fingerprint density at radius 1 is 1.35 bits per heavy atom. The van der Waals surface area contributed by atoms with Crippen molar-refractivity contribution in [3.8, 4) is 6.07 Å². The molecule has 0 radical (unpaired) electrons. The molecule has 0 bridgehead atoms. The molecule has 1 atom stereocenters. The predicted molar refractivity (Wildman–Crippen MR) is 103 cm³/mol. The largest absolute Gasteiger partial charge is 0.392 e. The number of nitriles is 1. The molecule has 0 spiro atoms. The number of benzene rings is 2. The van der Waals surface area contributed by atoms with Crippen molar-refractivity contribution in [1.82, 2.24) is 9.55 Å². The lowest BCUT2D eigenvalue weighted by atomic mass is 10.1. The number of aliphatic hydroxyl groups excluding tert-OH is 1. The lowest BCUT2D eigenvalue weighted by Gasteiger charge is -2.15. The summed E-state index contributed by atoms with van der Waals surface area (Å²) in [4.78, 5) is 17.4. The van der Waals surface area contributed by atoms with Crippen LogP contribution in [-0.2, 0) is 12.3 Å². The van der Waals surface area contributed by atoms with E-state index in [1.807, 2.05) is 18.2 Å². The fourth-order valence-corrected chi connectivity index (χ4v) is 3.79. The van der Waals surface area contributed by atoms with Crippen molar-refractivity contribution >= 4 is 34.3 Å². The van der Waals surface area contributed by atoms with Gasteiger partial charge in [0.2, 0.25) is 0 Å². The van der Waals surface area contributed by atoms with Gasteiger partial charge in [-0.3, -0.25) is 9.36 Å². The second-order valence-corrected chi connectivity index (χ2v) is 7.26. The summed E-state index contributed by atoms with van der Waals surface area (Å²) in [5.74, 6) is 0.488. The van der Waals surface area contributed by atoms with Crippen molar-refractivity contribution in [3.05, 3.63) is 69.0 Å². The molecule has 132 valence electrons. The van der Waals surface area contributed by atoms with Crippen LogP contribution >= 0.6 is 23.4 Å². The smallest absolute Gasteiger partial charge is 0.262 e. The SMILES string of the molecule is C[C@@H](O)Cn1c(SCc2ccccc2C#N)nc2cc(Cl)ccc2c1=O. The first-order valence-corrected chi connectivity index (χ1v) is 9.35. The van der Waals surface area contributed by atoms with Gasteiger partial charge in [-0.1, -0.05) is 41.6 Å². The third kappa shape index (κ3) is 3.91. The summed E-state index contributed by atoms with van der Waals surface area (Å²) in [6.07, 6.45) is -0.690. The summed E-state index contributed by atoms with van der Waals surface area (Å²) in [6.45, 7) is 1.77. The van der Waals surface area contributed by atoms with Gasteiger partial charge in [0.1, 0.15) is 0 Å². The first-order valence-electron chi connectivity index (χ1n) is 7.98. The van der Waals surface area contributed by atoms with Crippen LogP contribution in [0.2, 0.25) is 5.02 Å². The van der Waals surface area contributed by atoms with E-state index in [1.54, 1.807) is 31.2 Å². The molecule has 0 aliphatic carbocycles. The number of halogens is 1. The summed E-state index contributed by atoms with van der Waals surface area (Å²) in [7, 11) is 0. The van der Waals surface area contributed by atoms with Crippen LogP contribution in [0.3, 0.4) is 0 Å². The van der Waals surface area contributed by atoms with E-state index in [9.17, 15) is 15.2 Å². The van der Waals surface area contributed by atoms with E-state index >= 15 is 0 Å². The zero-order valence-corrected chi connectivity index (χ0v) is 15.6. The third-order valence-electron chi connectivity index (χ3n) is 3.82. The second-order valence-electron chi connectivity index (χ2n) is 5.88. The maximum Gasteiger partial charge on any atom is 0.262 e. The standard InChI is InChI=1S/C19H16ClN3O2S/c1-12(24)10-23-18(25)16-7-6-15(20)8-17(16)22-19(23)26-11-14-5-3-2-4-13(14)9-21/h2-8,12,24H,10-11H2,1H3/t12-/m1/s1. The molecule has 3 aromatic rings. The van der Waals surface area contributed by atoms with Crippen LogP contribution in [0.25, 0.3) is 10.9 Å². The zero-order valence-electron chi connectivity index (χ0n) is 14.0. The number of aliphatic hydroxyl groups is 1. The Morgan fingerprint density at radius 2 is 2.12 bits per heavy atom. The van der Waals surface area contributed by atoms with Gasteiger partial charge in [0.15, 0.2) is 5.16 Å². The van der Waals surface area contributed by atoms with Gasteiger partial charge in [0.05, 0.1) is 35.2 Å². The highest BCUT2D eigenvalue weighted by Crippen LogP contribution is 2.25. The molecule has 0 amide bonds. The fraction of sp³-hybridized carbons (Fsp3) is 0.211. The van der Waals surface area contributed by atoms with Crippen LogP contribution < -0.4 is 5.56 Å². The van der Waals surface area contributed by atoms with Gasteiger partial charge in [-0.25, -0.2) is 4.98 Å². The van der Waals surface area contributed by atoms with Crippen molar-refractivity contribution in [3.63, 3.8) is 0 Å². The summed E-state index contributed by atoms with van der Waals surface area (Å²) in [6, 6.07) is 14.4. The Bertz CT molecular complexity index is 1060. The molecule has 5 nitrogen and oxygen atoms in total. The second kappa shape index (κ2) is 7.92. The van der Waals surface area contributed by atoms with E-state index in [0.29, 0.717) is 32.4 Å². The molecule has 1 N–H and O–H groups in total. The lowest BCUT2D eigenvalue weighted by Crippen LogP contribution is -2.27. The maximum atomic E-state index is 12.8. The highest BCUT2D eigenvalue weighted by atomic mass is 35.5. The van der Waals surface area contributed by atoms with Crippen molar-refractivity contribution < 1.29 is 5.11 Å². The first-order chi connectivity index (χ1) is 12.5. The third-order valence-corrected chi connectivity index (χ3v) is 5.08. The minimum absolute atomic E-state index is 0.145. The summed E-state index contributed by atoms with van der Waals surface area (Å²) in [5, 5.41) is 20.4. The number of hydrogen-bond donors (Lipinski definition) is 1. The minimum atomic E-state index is -0.690. The molecule has 0 fully saturated rings. The Morgan fingerprint density at radius 3 is 2.85 bits per heavy atom. The van der Waals surface area contributed by atoms with Crippen molar-refractivity contribution in [2.24, 2.45) is 0 Å². The number of aromatic nitrogens is 2. The van der Waals surface area contributed by atoms with Gasteiger partial charge in [0.25, 0.3) is 5.56 Å². The van der Waals surface area contributed by atoms with Gasteiger partial charge < -0.3 is 5.11 Å². The molecule has 2 aromatic carbocycles. The van der Waals surface area contributed by atoms with Gasteiger partial charge in [-0.05, 0) is 36.8 Å². The van der Waals surface area contributed by atoms with Gasteiger partial charge >= 0.3 is 0 Å². The van der Waals surface area contributed by atoms with Crippen molar-refractivity contribution in [2.75, 3.05) is 0 Å². The van der Waals surface area contributed by atoms with E-state index in [1.165, 1.54) is 16.3 Å². The summed E-state index contributed by atoms with van der Waals surface area (Å²) in [5.41, 5.74) is 1.75. The van der Waals surface area contributed by atoms with Gasteiger partial charge in [0, 0.05) is 10.8 Å². The summed E-state index contributed by atoms with van der Waals surface area (Å²) < 4.78 is 1.47. The number of thioether (sulfide) groups is 1. The molecular formula is C19H16ClN3O2S. The van der Waals surface area contributed by atoms with Crippen LogP contribution in [0.4, 0.5) is 0 Å². The number of nitrogens with zero attached hydrogens (tertiary/aromatic N) is 3. The van der Waals surface area contributed by atoms with E-state index in [4.69, 9.17) is 11.6 Å². The quantitative estimate of drug-likeness (QED) is 0.536. The maximum absolute atomic E-state index is 12.8. The number of hydrogen-bond acceptors (Lipinski definition) is 5. The Balaban J connectivity index is 2.05. The highest BCUT2D eigenvalue weighted by Gasteiger charge is 2.14. The normalized spacial score (nSPS) is 12.1. The predicted octanol–water partition coefficient (Wildman–Crippen LogP) is 3.59. The minimum Gasteiger partial charge on any atom is -0.392 e. The van der Waals surface area contributed by atoms with Gasteiger partial charge in [-0.15, -0.1) is 0 Å². The molecule has 0 aliphatic rings. The molecule has 1 aromatic heterocycles. The first kappa shape index (κ1) is 18.5.